The Morgan fingerprint density at radius 3 is 2.71 bits per heavy atom. The lowest BCUT2D eigenvalue weighted by molar-refractivity contribution is 1.18. The molecule has 4 nitrogen and oxygen atoms in total. The summed E-state index contributed by atoms with van der Waals surface area (Å²) in [6.07, 6.45) is 8.45. The molecule has 0 saturated carbocycles. The maximum Gasteiger partial charge on any atom is 0.156 e. The van der Waals surface area contributed by atoms with Gasteiger partial charge in [-0.1, -0.05) is 23.2 Å². The molecule has 0 atom stereocenters. The van der Waals surface area contributed by atoms with Gasteiger partial charge in [0.1, 0.15) is 11.4 Å². The number of hydrogen-bond donors (Lipinski definition) is 0. The van der Waals surface area contributed by atoms with Crippen molar-refractivity contribution in [3.05, 3.63) is 47.1 Å². The molecule has 3 aromatic heterocycles. The first-order valence-corrected chi connectivity index (χ1v) is 5.60. The largest absolute Gasteiger partial charge is 0.304 e. The number of halogens is 2. The Hall–Kier alpha value is -1.65. The Labute approximate surface area is 107 Å². The van der Waals surface area contributed by atoms with Crippen molar-refractivity contribution in [3.8, 4) is 11.4 Å². The summed E-state index contributed by atoms with van der Waals surface area (Å²) >= 11 is 12.0. The summed E-state index contributed by atoms with van der Waals surface area (Å²) in [5.41, 5.74) is 2.06. The van der Waals surface area contributed by atoms with Gasteiger partial charge in [-0.05, 0) is 6.07 Å². The number of rotatable bonds is 1. The molecule has 0 fully saturated rings. The zero-order valence-electron chi connectivity index (χ0n) is 8.51. The van der Waals surface area contributed by atoms with Crippen molar-refractivity contribution in [3.63, 3.8) is 0 Å². The van der Waals surface area contributed by atoms with Crippen molar-refractivity contribution in [2.24, 2.45) is 0 Å². The summed E-state index contributed by atoms with van der Waals surface area (Å²) in [4.78, 5) is 12.6. The molecule has 3 heterocycles. The summed E-state index contributed by atoms with van der Waals surface area (Å²) in [5, 5.41) is 1.07. The fourth-order valence-corrected chi connectivity index (χ4v) is 2.11. The van der Waals surface area contributed by atoms with Crippen molar-refractivity contribution in [1.82, 2.24) is 19.4 Å². The molecule has 0 aromatic carbocycles. The monoisotopic (exact) mass is 264 g/mol. The van der Waals surface area contributed by atoms with Crippen LogP contribution in [-0.2, 0) is 0 Å². The van der Waals surface area contributed by atoms with E-state index in [0.29, 0.717) is 27.1 Å². The summed E-state index contributed by atoms with van der Waals surface area (Å²) in [6.45, 7) is 0. The third-order valence-electron chi connectivity index (χ3n) is 2.30. The average molecular weight is 265 g/mol. The fourth-order valence-electron chi connectivity index (χ4n) is 1.58. The van der Waals surface area contributed by atoms with Gasteiger partial charge in [0, 0.05) is 24.8 Å². The molecular weight excluding hydrogens is 259 g/mol. The van der Waals surface area contributed by atoms with Gasteiger partial charge in [-0.3, -0.25) is 9.97 Å². The molecule has 0 spiro atoms. The molecule has 0 aliphatic carbocycles. The third-order valence-corrected chi connectivity index (χ3v) is 2.78. The number of aromatic nitrogens is 4. The van der Waals surface area contributed by atoms with Crippen LogP contribution in [0.3, 0.4) is 0 Å². The minimum atomic E-state index is 0.507. The van der Waals surface area contributed by atoms with E-state index in [0.717, 1.165) is 0 Å². The molecule has 0 N–H and O–H groups in total. The molecular formula is C11H6Cl2N4. The molecule has 0 bridgehead atoms. The van der Waals surface area contributed by atoms with Crippen LogP contribution in [-0.4, -0.2) is 19.4 Å². The summed E-state index contributed by atoms with van der Waals surface area (Å²) in [7, 11) is 0. The van der Waals surface area contributed by atoms with E-state index in [1.165, 1.54) is 0 Å². The van der Waals surface area contributed by atoms with Crippen LogP contribution in [0.25, 0.3) is 17.0 Å². The van der Waals surface area contributed by atoms with E-state index in [9.17, 15) is 0 Å². The number of fused-ring (bicyclic) bond motifs is 1. The molecule has 17 heavy (non-hydrogen) atoms. The molecule has 3 aromatic rings. The van der Waals surface area contributed by atoms with Crippen LogP contribution in [0.15, 0.2) is 37.1 Å². The third kappa shape index (κ3) is 1.85. The second-order valence-electron chi connectivity index (χ2n) is 3.45. The van der Waals surface area contributed by atoms with Gasteiger partial charge in [0.2, 0.25) is 0 Å². The van der Waals surface area contributed by atoms with Gasteiger partial charge in [-0.2, -0.15) is 0 Å². The van der Waals surface area contributed by atoms with Crippen LogP contribution in [0.4, 0.5) is 0 Å². The predicted octanol–water partition coefficient (Wildman–Crippen LogP) is 3.10. The van der Waals surface area contributed by atoms with Crippen molar-refractivity contribution in [2.75, 3.05) is 0 Å². The maximum atomic E-state index is 6.06. The minimum absolute atomic E-state index is 0.507. The molecule has 6 heteroatoms. The number of imidazole rings is 1. The fraction of sp³-hybridized carbons (Fsp3) is 0. The highest BCUT2D eigenvalue weighted by Gasteiger charge is 2.08. The SMILES string of the molecule is Clc1cc(Cl)c2nc(-c3cnccn3)cn2c1. The van der Waals surface area contributed by atoms with Crippen LogP contribution >= 0.6 is 23.2 Å². The topological polar surface area (TPSA) is 43.1 Å². The van der Waals surface area contributed by atoms with Crippen LogP contribution in [0.1, 0.15) is 0 Å². The molecule has 0 saturated heterocycles. The zero-order valence-corrected chi connectivity index (χ0v) is 10.0. The van der Waals surface area contributed by atoms with E-state index in [2.05, 4.69) is 15.0 Å². The smallest absolute Gasteiger partial charge is 0.156 e. The first-order valence-electron chi connectivity index (χ1n) is 4.84. The van der Waals surface area contributed by atoms with Crippen molar-refractivity contribution >= 4 is 28.8 Å². The number of hydrogen-bond acceptors (Lipinski definition) is 3. The second-order valence-corrected chi connectivity index (χ2v) is 4.30. The Balaban J connectivity index is 2.24. The number of pyridine rings is 1. The first kappa shape index (κ1) is 10.5. The normalized spacial score (nSPS) is 10.9. The lowest BCUT2D eigenvalue weighted by Gasteiger charge is -1.95. The molecule has 0 aliphatic rings. The van der Waals surface area contributed by atoms with Gasteiger partial charge in [0.15, 0.2) is 5.65 Å². The molecule has 84 valence electrons. The lowest BCUT2D eigenvalue weighted by Crippen LogP contribution is -1.83. The lowest BCUT2D eigenvalue weighted by atomic mass is 10.3. The van der Waals surface area contributed by atoms with Gasteiger partial charge in [0.25, 0.3) is 0 Å². The summed E-state index contributed by atoms with van der Waals surface area (Å²) in [5.74, 6) is 0. The Bertz CT molecular complexity index is 679. The summed E-state index contributed by atoms with van der Waals surface area (Å²) < 4.78 is 1.77. The van der Waals surface area contributed by atoms with Crippen LogP contribution in [0, 0.1) is 0 Å². The van der Waals surface area contributed by atoms with Gasteiger partial charge in [-0.15, -0.1) is 0 Å². The second kappa shape index (κ2) is 3.98. The maximum absolute atomic E-state index is 6.06. The first-order chi connectivity index (χ1) is 8.24. The van der Waals surface area contributed by atoms with E-state index in [-0.39, 0.29) is 0 Å². The van der Waals surface area contributed by atoms with Crippen LogP contribution in [0.2, 0.25) is 10.0 Å². The highest BCUT2D eigenvalue weighted by Crippen LogP contribution is 2.24. The highest BCUT2D eigenvalue weighted by molar-refractivity contribution is 6.36. The molecule has 0 aliphatic heterocycles. The quantitative estimate of drug-likeness (QED) is 0.679. The zero-order chi connectivity index (χ0) is 11.8. The molecule has 0 amide bonds. The highest BCUT2D eigenvalue weighted by atomic mass is 35.5. The van der Waals surface area contributed by atoms with Crippen molar-refractivity contribution in [2.45, 2.75) is 0 Å². The van der Waals surface area contributed by atoms with E-state index in [1.54, 1.807) is 35.3 Å². The molecule has 0 unspecified atom stereocenters. The van der Waals surface area contributed by atoms with Gasteiger partial charge >= 0.3 is 0 Å². The van der Waals surface area contributed by atoms with Crippen molar-refractivity contribution < 1.29 is 0 Å². The van der Waals surface area contributed by atoms with Crippen LogP contribution in [0.5, 0.6) is 0 Å². The van der Waals surface area contributed by atoms with E-state index >= 15 is 0 Å². The number of nitrogens with zero attached hydrogens (tertiary/aromatic N) is 4. The van der Waals surface area contributed by atoms with Crippen molar-refractivity contribution in [1.29, 1.82) is 0 Å². The predicted molar refractivity (Wildman–Crippen MR) is 66.2 cm³/mol. The van der Waals surface area contributed by atoms with Gasteiger partial charge < -0.3 is 4.40 Å². The molecule has 0 radical (unpaired) electrons. The molecule has 3 rings (SSSR count). The minimum Gasteiger partial charge on any atom is -0.304 e. The van der Waals surface area contributed by atoms with E-state index in [1.807, 2.05) is 6.20 Å². The standard InChI is InChI=1S/C11H6Cl2N4/c12-7-3-8(13)11-16-10(6-17(11)5-7)9-4-14-1-2-15-9/h1-6H. The summed E-state index contributed by atoms with van der Waals surface area (Å²) in [6, 6.07) is 1.66. The van der Waals surface area contributed by atoms with E-state index < -0.39 is 0 Å². The Morgan fingerprint density at radius 1 is 1.06 bits per heavy atom. The Kier molecular flexibility index (Phi) is 2.46. The van der Waals surface area contributed by atoms with Gasteiger partial charge in [0.05, 0.1) is 16.2 Å². The van der Waals surface area contributed by atoms with Gasteiger partial charge in [-0.25, -0.2) is 4.98 Å². The van der Waals surface area contributed by atoms with E-state index in [4.69, 9.17) is 23.2 Å². The Morgan fingerprint density at radius 2 is 1.94 bits per heavy atom. The van der Waals surface area contributed by atoms with Crippen LogP contribution < -0.4 is 0 Å². The average Bonchev–Trinajstić information content (AvgIpc) is 2.74.